The van der Waals surface area contributed by atoms with E-state index in [-0.39, 0.29) is 5.41 Å². The Morgan fingerprint density at radius 2 is 1.80 bits per heavy atom. The molecule has 0 fully saturated rings. The Morgan fingerprint density at radius 3 is 1.90 bits per heavy atom. The van der Waals surface area contributed by atoms with Crippen LogP contribution in [0.3, 0.4) is 0 Å². The third kappa shape index (κ3) is 3.35. The summed E-state index contributed by atoms with van der Waals surface area (Å²) in [4.78, 5) is 0. The Labute approximate surface area is 62.6 Å². The first-order chi connectivity index (χ1) is 4.34. The molecule has 0 heterocycles. The number of allylic oxidation sites excluding steroid dienone is 1. The van der Waals surface area contributed by atoms with E-state index in [0.29, 0.717) is 0 Å². The van der Waals surface area contributed by atoms with Crippen LogP contribution in [0, 0.1) is 5.41 Å². The molecular weight excluding hydrogens is 126 g/mol. The van der Waals surface area contributed by atoms with Crippen LogP contribution in [0.2, 0.25) is 0 Å². The van der Waals surface area contributed by atoms with Crippen LogP contribution in [0.4, 0.5) is 0 Å². The predicted octanol–water partition coefficient (Wildman–Crippen LogP) is 0.638. The molecule has 10 heavy (non-hydrogen) atoms. The molecule has 4 N–H and O–H groups in total. The zero-order valence-electron chi connectivity index (χ0n) is 7.18. The van der Waals surface area contributed by atoms with Crippen molar-refractivity contribution in [3.63, 3.8) is 0 Å². The van der Waals surface area contributed by atoms with Gasteiger partial charge in [-0.05, 0) is 0 Å². The number of hydrazine groups is 1. The second kappa shape index (κ2) is 2.92. The van der Waals surface area contributed by atoms with Crippen LogP contribution in [0.1, 0.15) is 20.8 Å². The van der Waals surface area contributed by atoms with E-state index in [1.807, 2.05) is 20.8 Å². The summed E-state index contributed by atoms with van der Waals surface area (Å²) in [7, 11) is 1.75. The maximum absolute atomic E-state index is 5.69. The normalized spacial score (nSPS) is 13.5. The first-order valence-corrected chi connectivity index (χ1v) is 3.29. The molecule has 0 unspecified atom stereocenters. The van der Waals surface area contributed by atoms with E-state index in [2.05, 4.69) is 0 Å². The predicted molar refractivity (Wildman–Crippen MR) is 43.7 cm³/mol. The molecule has 0 bridgehead atoms. The van der Waals surface area contributed by atoms with Gasteiger partial charge in [-0.2, -0.15) is 0 Å². The summed E-state index contributed by atoms with van der Waals surface area (Å²) in [5.41, 5.74) is 6.49. The molecule has 0 amide bonds. The zero-order valence-corrected chi connectivity index (χ0v) is 7.18. The van der Waals surface area contributed by atoms with Crippen molar-refractivity contribution in [2.24, 2.45) is 17.0 Å². The Kier molecular flexibility index (Phi) is 2.72. The SMILES string of the molecule is CN(N)/C=C(\N)C(C)(C)C. The molecule has 60 valence electrons. The molecule has 0 aromatic rings. The summed E-state index contributed by atoms with van der Waals surface area (Å²) >= 11 is 0. The lowest BCUT2D eigenvalue weighted by molar-refractivity contribution is 0.437. The molecule has 0 aromatic carbocycles. The second-order valence-corrected chi connectivity index (χ2v) is 3.50. The highest BCUT2D eigenvalue weighted by atomic mass is 15.4. The van der Waals surface area contributed by atoms with Crippen LogP contribution < -0.4 is 11.6 Å². The molecule has 0 aliphatic carbocycles. The zero-order chi connectivity index (χ0) is 8.36. The maximum atomic E-state index is 5.69. The maximum Gasteiger partial charge on any atom is 0.0345 e. The molecule has 3 heteroatoms. The minimum Gasteiger partial charge on any atom is -0.400 e. The van der Waals surface area contributed by atoms with E-state index in [4.69, 9.17) is 11.6 Å². The van der Waals surface area contributed by atoms with Gasteiger partial charge in [0.05, 0.1) is 0 Å². The van der Waals surface area contributed by atoms with Crippen molar-refractivity contribution < 1.29 is 0 Å². The topological polar surface area (TPSA) is 55.3 Å². The van der Waals surface area contributed by atoms with E-state index in [9.17, 15) is 0 Å². The molecule has 0 rings (SSSR count). The monoisotopic (exact) mass is 143 g/mol. The molecule has 0 saturated heterocycles. The molecule has 0 aliphatic heterocycles. The molecule has 3 nitrogen and oxygen atoms in total. The minimum absolute atomic E-state index is 0.00757. The van der Waals surface area contributed by atoms with Gasteiger partial charge in [-0.25, -0.2) is 5.84 Å². The standard InChI is InChI=1S/C7H17N3/c1-7(2,3)6(8)5-10(4)9/h5H,8-9H2,1-4H3/b6-5-. The van der Waals surface area contributed by atoms with Crippen LogP contribution in [0.15, 0.2) is 11.9 Å². The summed E-state index contributed by atoms with van der Waals surface area (Å²) in [5, 5.41) is 1.46. The number of rotatable bonds is 1. The van der Waals surface area contributed by atoms with Gasteiger partial charge >= 0.3 is 0 Å². The highest BCUT2D eigenvalue weighted by molar-refractivity contribution is 5.04. The lowest BCUT2D eigenvalue weighted by Gasteiger charge is -2.20. The minimum atomic E-state index is 0.00757. The first kappa shape index (κ1) is 9.30. The fourth-order valence-corrected chi connectivity index (χ4v) is 0.413. The molecule has 0 spiro atoms. The summed E-state index contributed by atoms with van der Waals surface area (Å²) < 4.78 is 0. The van der Waals surface area contributed by atoms with Crippen molar-refractivity contribution in [2.75, 3.05) is 7.05 Å². The van der Waals surface area contributed by atoms with E-state index in [1.54, 1.807) is 13.2 Å². The van der Waals surface area contributed by atoms with Gasteiger partial charge in [0.2, 0.25) is 0 Å². The van der Waals surface area contributed by atoms with Crippen molar-refractivity contribution in [1.82, 2.24) is 5.01 Å². The van der Waals surface area contributed by atoms with Gasteiger partial charge in [-0.3, -0.25) is 0 Å². The highest BCUT2D eigenvalue weighted by Crippen LogP contribution is 2.19. The fraction of sp³-hybridized carbons (Fsp3) is 0.714. The van der Waals surface area contributed by atoms with Gasteiger partial charge in [0, 0.05) is 24.4 Å². The van der Waals surface area contributed by atoms with Gasteiger partial charge in [0.25, 0.3) is 0 Å². The van der Waals surface area contributed by atoms with Crippen molar-refractivity contribution >= 4 is 0 Å². The van der Waals surface area contributed by atoms with E-state index in [1.165, 1.54) is 5.01 Å². The molecule has 0 saturated carbocycles. The van der Waals surface area contributed by atoms with Gasteiger partial charge in [0.1, 0.15) is 0 Å². The van der Waals surface area contributed by atoms with Gasteiger partial charge in [-0.1, -0.05) is 20.8 Å². The van der Waals surface area contributed by atoms with Crippen LogP contribution >= 0.6 is 0 Å². The Hall–Kier alpha value is -0.700. The largest absolute Gasteiger partial charge is 0.400 e. The van der Waals surface area contributed by atoms with Crippen molar-refractivity contribution in [3.05, 3.63) is 11.9 Å². The lowest BCUT2D eigenvalue weighted by Crippen LogP contribution is -2.25. The van der Waals surface area contributed by atoms with Crippen LogP contribution in [0.5, 0.6) is 0 Å². The quantitative estimate of drug-likeness (QED) is 0.418. The number of hydrogen-bond donors (Lipinski definition) is 2. The summed E-state index contributed by atoms with van der Waals surface area (Å²) in [6.45, 7) is 6.13. The highest BCUT2D eigenvalue weighted by Gasteiger charge is 2.13. The van der Waals surface area contributed by atoms with Crippen LogP contribution in [-0.4, -0.2) is 12.1 Å². The average molecular weight is 143 g/mol. The van der Waals surface area contributed by atoms with Crippen molar-refractivity contribution in [2.45, 2.75) is 20.8 Å². The summed E-state index contributed by atoms with van der Waals surface area (Å²) in [6, 6.07) is 0. The Balaban J connectivity index is 4.20. The van der Waals surface area contributed by atoms with Crippen molar-refractivity contribution in [1.29, 1.82) is 0 Å². The lowest BCUT2D eigenvalue weighted by atomic mass is 9.93. The van der Waals surface area contributed by atoms with Gasteiger partial charge < -0.3 is 10.7 Å². The molecule has 0 atom stereocenters. The van der Waals surface area contributed by atoms with Gasteiger partial charge in [-0.15, -0.1) is 0 Å². The summed E-state index contributed by atoms with van der Waals surface area (Å²) in [6.07, 6.45) is 1.72. The molecule has 0 aliphatic rings. The second-order valence-electron chi connectivity index (χ2n) is 3.50. The fourth-order valence-electron chi connectivity index (χ4n) is 0.413. The Bertz CT molecular complexity index is 130. The van der Waals surface area contributed by atoms with Crippen LogP contribution in [0.25, 0.3) is 0 Å². The third-order valence-electron chi connectivity index (χ3n) is 1.21. The molecule has 0 radical (unpaired) electrons. The van der Waals surface area contributed by atoms with Crippen molar-refractivity contribution in [3.8, 4) is 0 Å². The number of nitrogens with two attached hydrogens (primary N) is 2. The smallest absolute Gasteiger partial charge is 0.0345 e. The third-order valence-corrected chi connectivity index (χ3v) is 1.21. The Morgan fingerprint density at radius 1 is 1.40 bits per heavy atom. The average Bonchev–Trinajstić information content (AvgIpc) is 1.60. The first-order valence-electron chi connectivity index (χ1n) is 3.29. The van der Waals surface area contributed by atoms with E-state index in [0.717, 1.165) is 5.70 Å². The van der Waals surface area contributed by atoms with Crippen LogP contribution in [-0.2, 0) is 0 Å². The summed E-state index contributed by atoms with van der Waals surface area (Å²) in [5.74, 6) is 5.37. The van der Waals surface area contributed by atoms with E-state index >= 15 is 0 Å². The number of hydrogen-bond acceptors (Lipinski definition) is 3. The molecule has 0 aromatic heterocycles. The molecular formula is C7H17N3. The van der Waals surface area contributed by atoms with E-state index < -0.39 is 0 Å². The van der Waals surface area contributed by atoms with Gasteiger partial charge in [0.15, 0.2) is 0 Å². The number of nitrogens with zero attached hydrogens (tertiary/aromatic N) is 1.